The first-order valence-electron chi connectivity index (χ1n) is 8.97. The Bertz CT molecular complexity index is 1120. The van der Waals surface area contributed by atoms with Crippen LogP contribution in [0.1, 0.15) is 11.1 Å². The zero-order chi connectivity index (χ0) is 19.2. The molecule has 1 saturated heterocycles. The SMILES string of the molecule is Cc1ccc(C)c(S(=O)(=O)n2ccc3c(N4CCNCC4)c(Cl)ccc32)c1. The average molecular weight is 404 g/mol. The van der Waals surface area contributed by atoms with Gasteiger partial charge in [-0.25, -0.2) is 12.4 Å². The van der Waals surface area contributed by atoms with Crippen LogP contribution in [0.4, 0.5) is 5.69 Å². The first kappa shape index (κ1) is 18.3. The fraction of sp³-hybridized carbons (Fsp3) is 0.300. The molecule has 1 aliphatic heterocycles. The van der Waals surface area contributed by atoms with Crippen molar-refractivity contribution in [3.05, 3.63) is 58.7 Å². The molecule has 1 aromatic heterocycles. The fourth-order valence-corrected chi connectivity index (χ4v) is 5.61. The lowest BCUT2D eigenvalue weighted by Gasteiger charge is -2.30. The summed E-state index contributed by atoms with van der Waals surface area (Å²) in [5.74, 6) is 0. The van der Waals surface area contributed by atoms with Crippen LogP contribution in [0.25, 0.3) is 10.9 Å². The second-order valence-corrected chi connectivity index (χ2v) is 9.14. The Hall–Kier alpha value is -2.02. The molecule has 2 heterocycles. The van der Waals surface area contributed by atoms with Crippen molar-refractivity contribution in [2.24, 2.45) is 0 Å². The van der Waals surface area contributed by atoms with E-state index in [1.54, 1.807) is 24.4 Å². The Morgan fingerprint density at radius 3 is 2.52 bits per heavy atom. The standard InChI is InChI=1S/C20H22ClN3O2S/c1-14-3-4-15(2)19(13-14)27(25,26)24-10-7-16-18(24)6-5-17(21)20(16)23-11-8-22-9-12-23/h3-7,10,13,22H,8-9,11-12H2,1-2H3. The lowest BCUT2D eigenvalue weighted by Crippen LogP contribution is -2.43. The van der Waals surface area contributed by atoms with E-state index in [1.807, 2.05) is 32.0 Å². The summed E-state index contributed by atoms with van der Waals surface area (Å²) in [6, 6.07) is 10.9. The third-order valence-electron chi connectivity index (χ3n) is 5.07. The van der Waals surface area contributed by atoms with Gasteiger partial charge < -0.3 is 10.2 Å². The van der Waals surface area contributed by atoms with Crippen molar-refractivity contribution in [3.8, 4) is 0 Å². The number of hydrogen-bond acceptors (Lipinski definition) is 4. The van der Waals surface area contributed by atoms with Crippen LogP contribution < -0.4 is 10.2 Å². The largest absolute Gasteiger partial charge is 0.367 e. The lowest BCUT2D eigenvalue weighted by atomic mass is 10.2. The lowest BCUT2D eigenvalue weighted by molar-refractivity contribution is 0.588. The van der Waals surface area contributed by atoms with Gasteiger partial charge in [-0.05, 0) is 49.2 Å². The van der Waals surface area contributed by atoms with Gasteiger partial charge in [-0.15, -0.1) is 0 Å². The number of anilines is 1. The molecular formula is C20H22ClN3O2S. The predicted molar refractivity (Wildman–Crippen MR) is 111 cm³/mol. The van der Waals surface area contributed by atoms with Gasteiger partial charge in [0.1, 0.15) is 0 Å². The van der Waals surface area contributed by atoms with Gasteiger partial charge in [-0.1, -0.05) is 23.7 Å². The second-order valence-electron chi connectivity index (χ2n) is 6.95. The number of aromatic nitrogens is 1. The van der Waals surface area contributed by atoms with Crippen molar-refractivity contribution < 1.29 is 8.42 Å². The van der Waals surface area contributed by atoms with E-state index in [2.05, 4.69) is 10.2 Å². The summed E-state index contributed by atoms with van der Waals surface area (Å²) in [6.07, 6.45) is 1.63. The van der Waals surface area contributed by atoms with Crippen molar-refractivity contribution >= 4 is 38.2 Å². The monoisotopic (exact) mass is 403 g/mol. The minimum absolute atomic E-state index is 0.332. The first-order valence-corrected chi connectivity index (χ1v) is 10.8. The summed E-state index contributed by atoms with van der Waals surface area (Å²) in [5, 5.41) is 4.83. The summed E-state index contributed by atoms with van der Waals surface area (Å²) in [5.41, 5.74) is 3.21. The molecule has 0 spiro atoms. The molecule has 0 amide bonds. The van der Waals surface area contributed by atoms with Gasteiger partial charge in [0.15, 0.2) is 0 Å². The van der Waals surface area contributed by atoms with E-state index in [-0.39, 0.29) is 0 Å². The number of piperazine rings is 1. The normalized spacial score (nSPS) is 15.4. The van der Waals surface area contributed by atoms with E-state index in [1.165, 1.54) is 3.97 Å². The van der Waals surface area contributed by atoms with E-state index in [0.29, 0.717) is 15.4 Å². The number of halogens is 1. The van der Waals surface area contributed by atoms with Crippen LogP contribution in [0.3, 0.4) is 0 Å². The molecule has 2 aromatic carbocycles. The van der Waals surface area contributed by atoms with Crippen molar-refractivity contribution in [3.63, 3.8) is 0 Å². The van der Waals surface area contributed by atoms with Crippen LogP contribution in [-0.4, -0.2) is 38.6 Å². The van der Waals surface area contributed by atoms with E-state index in [4.69, 9.17) is 11.6 Å². The van der Waals surface area contributed by atoms with E-state index in [0.717, 1.165) is 48.4 Å². The number of fused-ring (bicyclic) bond motifs is 1. The quantitative estimate of drug-likeness (QED) is 0.726. The molecular weight excluding hydrogens is 382 g/mol. The van der Waals surface area contributed by atoms with Crippen molar-refractivity contribution in [1.29, 1.82) is 0 Å². The van der Waals surface area contributed by atoms with Gasteiger partial charge in [0.25, 0.3) is 10.0 Å². The molecule has 3 aromatic rings. The third kappa shape index (κ3) is 3.12. The number of benzene rings is 2. The van der Waals surface area contributed by atoms with E-state index >= 15 is 0 Å². The molecule has 0 saturated carbocycles. The van der Waals surface area contributed by atoms with Crippen LogP contribution in [0, 0.1) is 13.8 Å². The maximum atomic E-state index is 13.4. The summed E-state index contributed by atoms with van der Waals surface area (Å²) in [4.78, 5) is 2.55. The smallest absolute Gasteiger partial charge is 0.268 e. The van der Waals surface area contributed by atoms with Crippen LogP contribution in [0.15, 0.2) is 47.5 Å². The van der Waals surface area contributed by atoms with Crippen LogP contribution >= 0.6 is 11.6 Å². The van der Waals surface area contributed by atoms with Crippen LogP contribution in [0.5, 0.6) is 0 Å². The van der Waals surface area contributed by atoms with Gasteiger partial charge in [0.05, 0.1) is 21.1 Å². The molecule has 1 N–H and O–H groups in total. The molecule has 4 rings (SSSR count). The molecule has 142 valence electrons. The Morgan fingerprint density at radius 2 is 1.78 bits per heavy atom. The van der Waals surface area contributed by atoms with Gasteiger partial charge >= 0.3 is 0 Å². The predicted octanol–water partition coefficient (Wildman–Crippen LogP) is 3.56. The molecule has 0 atom stereocenters. The Morgan fingerprint density at radius 1 is 1.04 bits per heavy atom. The highest BCUT2D eigenvalue weighted by Crippen LogP contribution is 2.36. The maximum Gasteiger partial charge on any atom is 0.268 e. The summed E-state index contributed by atoms with van der Waals surface area (Å²) < 4.78 is 28.1. The summed E-state index contributed by atoms with van der Waals surface area (Å²) in [7, 11) is -3.69. The molecule has 0 bridgehead atoms. The van der Waals surface area contributed by atoms with Crippen molar-refractivity contribution in [2.75, 3.05) is 31.1 Å². The zero-order valence-electron chi connectivity index (χ0n) is 15.4. The number of aryl methyl sites for hydroxylation is 2. The van der Waals surface area contributed by atoms with Crippen LogP contribution in [-0.2, 0) is 10.0 Å². The molecule has 5 nitrogen and oxygen atoms in total. The van der Waals surface area contributed by atoms with Crippen molar-refractivity contribution in [1.82, 2.24) is 9.29 Å². The van der Waals surface area contributed by atoms with E-state index in [9.17, 15) is 8.42 Å². The van der Waals surface area contributed by atoms with Gasteiger partial charge in [-0.3, -0.25) is 0 Å². The highest BCUT2D eigenvalue weighted by atomic mass is 35.5. The van der Waals surface area contributed by atoms with Gasteiger partial charge in [0, 0.05) is 37.8 Å². The Kier molecular flexibility index (Phi) is 4.66. The van der Waals surface area contributed by atoms with Gasteiger partial charge in [0.2, 0.25) is 0 Å². The highest BCUT2D eigenvalue weighted by Gasteiger charge is 2.24. The third-order valence-corrected chi connectivity index (χ3v) is 7.21. The topological polar surface area (TPSA) is 54.3 Å². The molecule has 0 radical (unpaired) electrons. The van der Waals surface area contributed by atoms with Gasteiger partial charge in [-0.2, -0.15) is 0 Å². The molecule has 27 heavy (non-hydrogen) atoms. The zero-order valence-corrected chi connectivity index (χ0v) is 16.9. The number of rotatable bonds is 3. The highest BCUT2D eigenvalue weighted by molar-refractivity contribution is 7.90. The Labute approximate surface area is 164 Å². The van der Waals surface area contributed by atoms with E-state index < -0.39 is 10.0 Å². The molecule has 7 heteroatoms. The minimum atomic E-state index is -3.69. The van der Waals surface area contributed by atoms with Crippen molar-refractivity contribution in [2.45, 2.75) is 18.7 Å². The summed E-state index contributed by atoms with van der Waals surface area (Å²) in [6.45, 7) is 7.17. The maximum absolute atomic E-state index is 13.4. The molecule has 1 aliphatic rings. The molecule has 0 unspecified atom stereocenters. The molecule has 1 fully saturated rings. The number of nitrogens with one attached hydrogen (secondary N) is 1. The molecule has 0 aliphatic carbocycles. The fourth-order valence-electron chi connectivity index (χ4n) is 3.66. The average Bonchev–Trinajstić information content (AvgIpc) is 3.09. The second kappa shape index (κ2) is 6.86. The number of nitrogens with zero attached hydrogens (tertiary/aromatic N) is 2. The van der Waals surface area contributed by atoms with Crippen LogP contribution in [0.2, 0.25) is 5.02 Å². The number of hydrogen-bond donors (Lipinski definition) is 1. The summed E-state index contributed by atoms with van der Waals surface area (Å²) >= 11 is 6.50. The minimum Gasteiger partial charge on any atom is -0.367 e. The first-order chi connectivity index (χ1) is 12.9. The Balaban J connectivity index is 1.90.